The lowest BCUT2D eigenvalue weighted by Gasteiger charge is -2.34. The second kappa shape index (κ2) is 11.7. The fourth-order valence-corrected chi connectivity index (χ4v) is 3.29. The van der Waals surface area contributed by atoms with Crippen molar-refractivity contribution in [3.63, 3.8) is 0 Å². The minimum Gasteiger partial charge on any atom is -0.484 e. The van der Waals surface area contributed by atoms with E-state index < -0.39 is 11.9 Å². The number of carbonyl (C=O) groups excluding carboxylic acids is 4. The summed E-state index contributed by atoms with van der Waals surface area (Å²) in [6.07, 6.45) is 0. The fraction of sp³-hybridized carbons (Fsp3) is 0.333. The van der Waals surface area contributed by atoms with Crippen LogP contribution in [0, 0.1) is 0 Å². The van der Waals surface area contributed by atoms with Crippen LogP contribution >= 0.6 is 0 Å². The molecule has 0 aliphatic carbocycles. The van der Waals surface area contributed by atoms with Crippen molar-refractivity contribution in [2.45, 2.75) is 0 Å². The molecule has 10 nitrogen and oxygen atoms in total. The van der Waals surface area contributed by atoms with Crippen LogP contribution in [0.15, 0.2) is 48.5 Å². The molecule has 10 heteroatoms. The van der Waals surface area contributed by atoms with Gasteiger partial charge >= 0.3 is 11.9 Å². The van der Waals surface area contributed by atoms with Gasteiger partial charge in [-0.2, -0.15) is 0 Å². The van der Waals surface area contributed by atoms with Crippen molar-refractivity contribution in [2.75, 3.05) is 53.6 Å². The van der Waals surface area contributed by atoms with Crippen LogP contribution in [0.5, 0.6) is 11.5 Å². The van der Waals surface area contributed by atoms with Gasteiger partial charge in [0.2, 0.25) is 0 Å². The number of amides is 2. The minimum atomic E-state index is -0.447. The van der Waals surface area contributed by atoms with Crippen LogP contribution < -0.4 is 9.47 Å². The quantitative estimate of drug-likeness (QED) is 0.532. The number of methoxy groups -OCH3 is 2. The molecule has 0 spiro atoms. The average Bonchev–Trinajstić information content (AvgIpc) is 2.90. The van der Waals surface area contributed by atoms with Crippen molar-refractivity contribution in [3.05, 3.63) is 59.7 Å². The molecule has 0 bridgehead atoms. The summed E-state index contributed by atoms with van der Waals surface area (Å²) in [7, 11) is 2.61. The maximum atomic E-state index is 12.4. The zero-order chi connectivity index (χ0) is 24.5. The first-order valence-electron chi connectivity index (χ1n) is 10.6. The van der Waals surface area contributed by atoms with Gasteiger partial charge in [-0.15, -0.1) is 0 Å². The van der Waals surface area contributed by atoms with Gasteiger partial charge in [0.1, 0.15) is 11.5 Å². The number of benzene rings is 2. The third kappa shape index (κ3) is 6.47. The topological polar surface area (TPSA) is 112 Å². The van der Waals surface area contributed by atoms with E-state index >= 15 is 0 Å². The molecular formula is C24H26N2O8. The van der Waals surface area contributed by atoms with Gasteiger partial charge in [0.15, 0.2) is 13.2 Å². The molecule has 0 atom stereocenters. The third-order valence-corrected chi connectivity index (χ3v) is 5.26. The lowest BCUT2D eigenvalue weighted by molar-refractivity contribution is -0.141. The van der Waals surface area contributed by atoms with Crippen LogP contribution in [0.1, 0.15) is 20.7 Å². The molecule has 1 saturated heterocycles. The maximum absolute atomic E-state index is 12.4. The summed E-state index contributed by atoms with van der Waals surface area (Å²) in [6.45, 7) is 1.28. The van der Waals surface area contributed by atoms with Gasteiger partial charge in [-0.1, -0.05) is 0 Å². The van der Waals surface area contributed by atoms with E-state index in [9.17, 15) is 19.2 Å². The SMILES string of the molecule is COC(=O)c1ccc(OCC(=O)N2CCN(C(=O)COc3ccc(C(=O)OC)cc3)CC2)cc1. The second-order valence-corrected chi connectivity index (χ2v) is 7.37. The molecule has 0 aromatic heterocycles. The van der Waals surface area contributed by atoms with Crippen LogP contribution in [0.4, 0.5) is 0 Å². The van der Waals surface area contributed by atoms with Gasteiger partial charge in [-0.05, 0) is 48.5 Å². The Morgan fingerprint density at radius 1 is 0.618 bits per heavy atom. The van der Waals surface area contributed by atoms with Crippen molar-refractivity contribution >= 4 is 23.8 Å². The van der Waals surface area contributed by atoms with E-state index in [0.29, 0.717) is 48.8 Å². The Kier molecular flexibility index (Phi) is 8.44. The Hall–Kier alpha value is -4.08. The van der Waals surface area contributed by atoms with E-state index in [0.717, 1.165) is 0 Å². The first-order chi connectivity index (χ1) is 16.4. The molecule has 0 radical (unpaired) electrons. The smallest absolute Gasteiger partial charge is 0.337 e. The predicted octanol–water partition coefficient (Wildman–Crippen LogP) is 1.39. The highest BCUT2D eigenvalue weighted by Gasteiger charge is 2.24. The van der Waals surface area contributed by atoms with Gasteiger partial charge in [0.05, 0.1) is 25.3 Å². The van der Waals surface area contributed by atoms with E-state index in [4.69, 9.17) is 9.47 Å². The predicted molar refractivity (Wildman–Crippen MR) is 120 cm³/mol. The highest BCUT2D eigenvalue weighted by molar-refractivity contribution is 5.90. The molecule has 2 aromatic rings. The van der Waals surface area contributed by atoms with Crippen LogP contribution in [-0.4, -0.2) is 87.2 Å². The summed E-state index contributed by atoms with van der Waals surface area (Å²) < 4.78 is 20.3. The Bertz CT molecular complexity index is 929. The molecular weight excluding hydrogens is 444 g/mol. The first-order valence-corrected chi connectivity index (χ1v) is 10.6. The largest absolute Gasteiger partial charge is 0.484 e. The van der Waals surface area contributed by atoms with Crippen molar-refractivity contribution < 1.29 is 38.1 Å². The lowest BCUT2D eigenvalue weighted by atomic mass is 10.2. The summed E-state index contributed by atoms with van der Waals surface area (Å²) in [6, 6.07) is 12.6. The zero-order valence-corrected chi connectivity index (χ0v) is 19.0. The lowest BCUT2D eigenvalue weighted by Crippen LogP contribution is -2.52. The summed E-state index contributed by atoms with van der Waals surface area (Å²) in [5, 5.41) is 0. The fourth-order valence-electron chi connectivity index (χ4n) is 3.29. The molecule has 1 heterocycles. The highest BCUT2D eigenvalue weighted by atomic mass is 16.5. The second-order valence-electron chi connectivity index (χ2n) is 7.37. The van der Waals surface area contributed by atoms with E-state index in [1.807, 2.05) is 0 Å². The number of ether oxygens (including phenoxy) is 4. The van der Waals surface area contributed by atoms with Crippen LogP contribution in [0.3, 0.4) is 0 Å². The van der Waals surface area contributed by atoms with Crippen LogP contribution in [-0.2, 0) is 19.1 Å². The van der Waals surface area contributed by atoms with Gasteiger partial charge in [-0.3, -0.25) is 9.59 Å². The number of esters is 2. The number of carbonyl (C=O) groups is 4. The molecule has 2 aromatic carbocycles. The molecule has 180 valence electrons. The molecule has 1 fully saturated rings. The summed E-state index contributed by atoms with van der Waals surface area (Å²) >= 11 is 0. The number of hydrogen-bond donors (Lipinski definition) is 0. The first kappa shape index (κ1) is 24.6. The molecule has 0 saturated carbocycles. The Morgan fingerprint density at radius 3 is 1.24 bits per heavy atom. The normalized spacial score (nSPS) is 13.1. The van der Waals surface area contributed by atoms with Crippen molar-refractivity contribution in [2.24, 2.45) is 0 Å². The molecule has 0 N–H and O–H groups in total. The van der Waals surface area contributed by atoms with E-state index in [2.05, 4.69) is 9.47 Å². The average molecular weight is 470 g/mol. The van der Waals surface area contributed by atoms with Gasteiger partial charge in [-0.25, -0.2) is 9.59 Å². The zero-order valence-electron chi connectivity index (χ0n) is 19.0. The molecule has 1 aliphatic rings. The van der Waals surface area contributed by atoms with Crippen LogP contribution in [0.2, 0.25) is 0 Å². The molecule has 34 heavy (non-hydrogen) atoms. The van der Waals surface area contributed by atoms with E-state index in [1.165, 1.54) is 14.2 Å². The van der Waals surface area contributed by atoms with Crippen molar-refractivity contribution in [1.29, 1.82) is 0 Å². The highest BCUT2D eigenvalue weighted by Crippen LogP contribution is 2.15. The molecule has 2 amide bonds. The molecule has 3 rings (SSSR count). The van der Waals surface area contributed by atoms with Gasteiger partial charge in [0.25, 0.3) is 11.8 Å². The third-order valence-electron chi connectivity index (χ3n) is 5.26. The molecule has 0 unspecified atom stereocenters. The van der Waals surface area contributed by atoms with Gasteiger partial charge < -0.3 is 28.7 Å². The number of nitrogens with zero attached hydrogens (tertiary/aromatic N) is 2. The minimum absolute atomic E-state index is 0.143. The monoisotopic (exact) mass is 470 g/mol. The Morgan fingerprint density at radius 2 is 0.941 bits per heavy atom. The van der Waals surface area contributed by atoms with Crippen molar-refractivity contribution in [1.82, 2.24) is 9.80 Å². The molecule has 1 aliphatic heterocycles. The summed E-state index contributed by atoms with van der Waals surface area (Å²) in [5.41, 5.74) is 0.785. The number of piperazine rings is 1. The Labute approximate surface area is 196 Å². The van der Waals surface area contributed by atoms with E-state index in [1.54, 1.807) is 58.3 Å². The maximum Gasteiger partial charge on any atom is 0.337 e. The van der Waals surface area contributed by atoms with Crippen LogP contribution in [0.25, 0.3) is 0 Å². The van der Waals surface area contributed by atoms with E-state index in [-0.39, 0.29) is 25.0 Å². The summed E-state index contributed by atoms with van der Waals surface area (Å²) in [5.74, 6) is -0.343. The Balaban J connectivity index is 1.39. The van der Waals surface area contributed by atoms with Gasteiger partial charge in [0, 0.05) is 26.2 Å². The summed E-state index contributed by atoms with van der Waals surface area (Å²) in [4.78, 5) is 51.1. The number of rotatable bonds is 8. The standard InChI is InChI=1S/C24H26N2O8/c1-31-23(29)17-3-7-19(8-4-17)33-15-21(27)25-11-13-26(14-12-25)22(28)16-34-20-9-5-18(6-10-20)24(30)32-2/h3-10H,11-16H2,1-2H3. The number of hydrogen-bond acceptors (Lipinski definition) is 8. The van der Waals surface area contributed by atoms with Crippen molar-refractivity contribution in [3.8, 4) is 11.5 Å².